The summed E-state index contributed by atoms with van der Waals surface area (Å²) in [7, 11) is 0. The van der Waals surface area contributed by atoms with E-state index in [2.05, 4.69) is 58.0 Å². The molecule has 1 atom stereocenters. The predicted molar refractivity (Wildman–Crippen MR) is 149 cm³/mol. The van der Waals surface area contributed by atoms with Crippen LogP contribution in [-0.4, -0.2) is 35.5 Å². The van der Waals surface area contributed by atoms with E-state index in [4.69, 9.17) is 14.7 Å². The number of hydrogen-bond donors (Lipinski definition) is 3. The van der Waals surface area contributed by atoms with Crippen LogP contribution in [0.1, 0.15) is 95.4 Å². The number of hydroxylamine groups is 1. The number of aryl methyl sites for hydroxylation is 2. The summed E-state index contributed by atoms with van der Waals surface area (Å²) < 4.78 is 12.0. The van der Waals surface area contributed by atoms with Gasteiger partial charge >= 0.3 is 0 Å². The van der Waals surface area contributed by atoms with Crippen molar-refractivity contribution in [2.75, 3.05) is 13.2 Å². The second kappa shape index (κ2) is 13.8. The minimum absolute atomic E-state index is 0.120. The number of aliphatic hydroxyl groups excluding tert-OH is 1. The van der Waals surface area contributed by atoms with Crippen molar-refractivity contribution >= 4 is 5.91 Å². The summed E-state index contributed by atoms with van der Waals surface area (Å²) in [6.07, 6.45) is 4.17. The SMILES string of the molecule is CCC(CC)(c1ccc(OCCCCCC(=O)NO)c(C)c1)c1ccc(OCC(O)C(C)(C)C)c(C)c1. The third-order valence-electron chi connectivity index (χ3n) is 7.49. The molecule has 6 nitrogen and oxygen atoms in total. The fourth-order valence-electron chi connectivity index (χ4n) is 4.67. The highest BCUT2D eigenvalue weighted by Crippen LogP contribution is 2.41. The topological polar surface area (TPSA) is 88.0 Å². The van der Waals surface area contributed by atoms with Crippen LogP contribution in [0.5, 0.6) is 11.5 Å². The molecule has 2 aromatic carbocycles. The minimum atomic E-state index is -0.534. The molecule has 0 aliphatic heterocycles. The first-order valence-corrected chi connectivity index (χ1v) is 13.6. The molecule has 0 saturated heterocycles. The number of rotatable bonds is 14. The molecule has 0 aromatic heterocycles. The molecule has 0 aliphatic carbocycles. The van der Waals surface area contributed by atoms with Crippen LogP contribution in [0, 0.1) is 19.3 Å². The Labute approximate surface area is 223 Å². The van der Waals surface area contributed by atoms with Crippen LogP contribution in [-0.2, 0) is 10.2 Å². The molecular formula is C31H47NO5. The van der Waals surface area contributed by atoms with E-state index in [0.29, 0.717) is 13.0 Å². The van der Waals surface area contributed by atoms with Crippen molar-refractivity contribution in [1.29, 1.82) is 0 Å². The summed E-state index contributed by atoms with van der Waals surface area (Å²) in [4.78, 5) is 11.1. The van der Waals surface area contributed by atoms with Crippen LogP contribution in [0.2, 0.25) is 0 Å². The first-order chi connectivity index (χ1) is 17.5. The molecule has 0 aliphatic rings. The van der Waals surface area contributed by atoms with Crippen LogP contribution in [0.25, 0.3) is 0 Å². The Morgan fingerprint density at radius 3 is 1.89 bits per heavy atom. The van der Waals surface area contributed by atoms with Crippen LogP contribution >= 0.6 is 0 Å². The third kappa shape index (κ3) is 8.21. The summed E-state index contributed by atoms with van der Waals surface area (Å²) in [6.45, 7) is 15.5. The number of nitrogens with one attached hydrogen (secondary N) is 1. The van der Waals surface area contributed by atoms with Gasteiger partial charge < -0.3 is 14.6 Å². The maximum Gasteiger partial charge on any atom is 0.243 e. The van der Waals surface area contributed by atoms with Crippen molar-refractivity contribution in [1.82, 2.24) is 5.48 Å². The monoisotopic (exact) mass is 513 g/mol. The number of benzene rings is 2. The fourth-order valence-corrected chi connectivity index (χ4v) is 4.67. The molecule has 1 amide bonds. The van der Waals surface area contributed by atoms with Gasteiger partial charge in [-0.3, -0.25) is 10.0 Å². The average molecular weight is 514 g/mol. The lowest BCUT2D eigenvalue weighted by atomic mass is 9.70. The zero-order chi connectivity index (χ0) is 27.6. The van der Waals surface area contributed by atoms with Crippen LogP contribution in [0.15, 0.2) is 36.4 Å². The molecule has 0 radical (unpaired) electrons. The van der Waals surface area contributed by atoms with Crippen molar-refractivity contribution < 1.29 is 24.6 Å². The summed E-state index contributed by atoms with van der Waals surface area (Å²) in [5.41, 5.74) is 6.03. The van der Waals surface area contributed by atoms with E-state index in [0.717, 1.165) is 54.7 Å². The molecule has 2 rings (SSSR count). The van der Waals surface area contributed by atoms with E-state index in [9.17, 15) is 9.90 Å². The molecule has 0 bridgehead atoms. The maximum atomic E-state index is 11.1. The Kier molecular flexibility index (Phi) is 11.5. The highest BCUT2D eigenvalue weighted by atomic mass is 16.5. The number of aliphatic hydroxyl groups is 1. The van der Waals surface area contributed by atoms with Gasteiger partial charge in [-0.1, -0.05) is 58.9 Å². The smallest absolute Gasteiger partial charge is 0.243 e. The Morgan fingerprint density at radius 1 is 0.892 bits per heavy atom. The molecule has 0 saturated carbocycles. The maximum absolute atomic E-state index is 11.1. The van der Waals surface area contributed by atoms with Gasteiger partial charge in [-0.2, -0.15) is 0 Å². The average Bonchev–Trinajstić information content (AvgIpc) is 2.86. The van der Waals surface area contributed by atoms with Gasteiger partial charge in [0.15, 0.2) is 0 Å². The fraction of sp³-hybridized carbons (Fsp3) is 0.581. The number of amides is 1. The van der Waals surface area contributed by atoms with E-state index in [1.807, 2.05) is 26.8 Å². The lowest BCUT2D eigenvalue weighted by Crippen LogP contribution is -2.32. The summed E-state index contributed by atoms with van der Waals surface area (Å²) in [6, 6.07) is 12.9. The van der Waals surface area contributed by atoms with Crippen LogP contribution in [0.4, 0.5) is 0 Å². The van der Waals surface area contributed by atoms with Crippen LogP contribution in [0.3, 0.4) is 0 Å². The minimum Gasteiger partial charge on any atom is -0.493 e. The van der Waals surface area contributed by atoms with E-state index >= 15 is 0 Å². The van der Waals surface area contributed by atoms with Gasteiger partial charge in [0.25, 0.3) is 0 Å². The Bertz CT molecular complexity index is 1010. The van der Waals surface area contributed by atoms with E-state index in [1.54, 1.807) is 5.48 Å². The van der Waals surface area contributed by atoms with Gasteiger partial charge in [0, 0.05) is 11.8 Å². The lowest BCUT2D eigenvalue weighted by Gasteiger charge is -2.34. The molecule has 0 spiro atoms. The van der Waals surface area contributed by atoms with E-state index in [1.165, 1.54) is 11.1 Å². The van der Waals surface area contributed by atoms with Crippen molar-refractivity contribution in [3.8, 4) is 11.5 Å². The van der Waals surface area contributed by atoms with E-state index < -0.39 is 6.10 Å². The molecule has 37 heavy (non-hydrogen) atoms. The molecule has 0 heterocycles. The number of carbonyl (C=O) groups excluding carboxylic acids is 1. The summed E-state index contributed by atoms with van der Waals surface area (Å²) in [5, 5.41) is 18.9. The van der Waals surface area contributed by atoms with Crippen LogP contribution < -0.4 is 15.0 Å². The number of hydrogen-bond acceptors (Lipinski definition) is 5. The normalized spacial score (nSPS) is 12.8. The Morgan fingerprint density at radius 2 is 1.43 bits per heavy atom. The molecule has 2 aromatic rings. The first-order valence-electron chi connectivity index (χ1n) is 13.6. The zero-order valence-corrected chi connectivity index (χ0v) is 23.8. The second-order valence-corrected chi connectivity index (χ2v) is 11.1. The third-order valence-corrected chi connectivity index (χ3v) is 7.49. The lowest BCUT2D eigenvalue weighted by molar-refractivity contribution is -0.129. The van der Waals surface area contributed by atoms with Gasteiger partial charge in [-0.25, -0.2) is 5.48 Å². The zero-order valence-electron chi connectivity index (χ0n) is 23.8. The molecule has 6 heteroatoms. The standard InChI is InChI=1S/C31H47NO5/c1-8-31(9-2,25-15-17-27(23(4)20-25)37-21-28(33)30(5,6)7)24-14-16-26(22(3)19-24)36-18-12-10-11-13-29(34)32-35/h14-17,19-20,28,33,35H,8-13,18,21H2,1-7H3,(H,32,34). The Balaban J connectivity index is 2.13. The van der Waals surface area contributed by atoms with Crippen molar-refractivity contribution in [2.45, 2.75) is 98.5 Å². The number of carbonyl (C=O) groups is 1. The second-order valence-electron chi connectivity index (χ2n) is 11.1. The van der Waals surface area contributed by atoms with Crippen molar-refractivity contribution in [2.24, 2.45) is 5.41 Å². The molecule has 0 fully saturated rings. The van der Waals surface area contributed by atoms with Gasteiger partial charge in [0.2, 0.25) is 5.91 Å². The molecule has 1 unspecified atom stereocenters. The van der Waals surface area contributed by atoms with Gasteiger partial charge in [0.05, 0.1) is 12.7 Å². The van der Waals surface area contributed by atoms with E-state index in [-0.39, 0.29) is 23.3 Å². The quantitative estimate of drug-likeness (QED) is 0.150. The van der Waals surface area contributed by atoms with Gasteiger partial charge in [-0.05, 0) is 85.8 Å². The highest BCUT2D eigenvalue weighted by molar-refractivity contribution is 5.74. The molecular weight excluding hydrogens is 466 g/mol. The predicted octanol–water partition coefficient (Wildman–Crippen LogP) is 6.64. The molecule has 3 N–H and O–H groups in total. The first kappa shape index (κ1) is 30.7. The Hall–Kier alpha value is -2.57. The van der Waals surface area contributed by atoms with Crippen molar-refractivity contribution in [3.05, 3.63) is 58.7 Å². The van der Waals surface area contributed by atoms with Crippen molar-refractivity contribution in [3.63, 3.8) is 0 Å². The number of ether oxygens (including phenoxy) is 2. The number of unbranched alkanes of at least 4 members (excludes halogenated alkanes) is 2. The van der Waals surface area contributed by atoms with Gasteiger partial charge in [-0.15, -0.1) is 0 Å². The molecule has 206 valence electrons. The summed E-state index contributed by atoms with van der Waals surface area (Å²) in [5.74, 6) is 1.35. The van der Waals surface area contributed by atoms with Gasteiger partial charge in [0.1, 0.15) is 18.1 Å². The largest absolute Gasteiger partial charge is 0.493 e. The summed E-state index contributed by atoms with van der Waals surface area (Å²) >= 11 is 0. The highest BCUT2D eigenvalue weighted by Gasteiger charge is 2.32.